The Balaban J connectivity index is 2.69. The molecule has 0 radical (unpaired) electrons. The number of carboxylic acids is 1. The average Bonchev–Trinajstić information content (AvgIpc) is 3.58. The van der Waals surface area contributed by atoms with E-state index in [9.17, 15) is 34.5 Å². The number of aliphatic hydroxyl groups excluding tert-OH is 2. The summed E-state index contributed by atoms with van der Waals surface area (Å²) in [4.78, 5) is 51.4. The highest BCUT2D eigenvalue weighted by Gasteiger charge is 2.50. The van der Waals surface area contributed by atoms with Gasteiger partial charge in [0.1, 0.15) is 18.8 Å². The minimum atomic E-state index is -1.92. The third-order valence-corrected chi connectivity index (χ3v) is 14.6. The van der Waals surface area contributed by atoms with Crippen molar-refractivity contribution in [3.8, 4) is 0 Å². The molecule has 0 aromatic rings. The Bertz CT molecular complexity index is 1810. The number of carbonyl (C=O) groups excluding carboxylic acids is 3. The molecule has 1 aliphatic rings. The van der Waals surface area contributed by atoms with E-state index in [2.05, 4.69) is 112 Å². The van der Waals surface area contributed by atoms with Gasteiger partial charge in [-0.15, -0.1) is 0 Å². The Morgan fingerprint density at radius 3 is 1.23 bits per heavy atom. The number of ether oxygens (including phenoxy) is 5. The van der Waals surface area contributed by atoms with Crippen LogP contribution in [0.1, 0.15) is 278 Å². The first-order chi connectivity index (χ1) is 40.6. The van der Waals surface area contributed by atoms with Crippen molar-refractivity contribution >= 4 is 23.9 Å². The van der Waals surface area contributed by atoms with Crippen LogP contribution in [0.3, 0.4) is 0 Å². The van der Waals surface area contributed by atoms with E-state index in [1.807, 2.05) is 6.08 Å². The minimum absolute atomic E-state index is 0.0488. The van der Waals surface area contributed by atoms with Crippen LogP contribution in [0.4, 0.5) is 0 Å². The van der Waals surface area contributed by atoms with E-state index in [4.69, 9.17) is 23.7 Å². The third kappa shape index (κ3) is 47.6. The Hall–Kier alpha value is -4.36. The number of aliphatic hydroxyl groups is 2. The van der Waals surface area contributed by atoms with Gasteiger partial charge in [-0.2, -0.15) is 0 Å². The van der Waals surface area contributed by atoms with Gasteiger partial charge in [0.15, 0.2) is 24.6 Å². The SMILES string of the molecule is CC/C=C\C/C=C\C/C=C\C/C=C\C/C=C\CCCC(=O)OCC(COC1OC(C(=O)O)C(O)C(O)C1OC(=O)CCCCCCCCCCC/C=C\CCCCCCCC)OC(=O)CCCCCCCCC/C=C\C/C=C\CCCCC. The van der Waals surface area contributed by atoms with Crippen LogP contribution in [0.25, 0.3) is 0 Å². The summed E-state index contributed by atoms with van der Waals surface area (Å²) in [5.74, 6) is -3.21. The van der Waals surface area contributed by atoms with E-state index in [-0.39, 0.29) is 25.9 Å². The van der Waals surface area contributed by atoms with Crippen LogP contribution in [-0.4, -0.2) is 89.2 Å². The molecule has 1 aliphatic heterocycles. The van der Waals surface area contributed by atoms with Gasteiger partial charge in [-0.05, 0) is 116 Å². The molecule has 6 unspecified atom stereocenters. The summed E-state index contributed by atoms with van der Waals surface area (Å²) in [5, 5.41) is 31.6. The summed E-state index contributed by atoms with van der Waals surface area (Å²) < 4.78 is 28.5. The van der Waals surface area contributed by atoms with Crippen LogP contribution < -0.4 is 0 Å². The first-order valence-corrected chi connectivity index (χ1v) is 33.2. The Morgan fingerprint density at radius 1 is 0.410 bits per heavy atom. The van der Waals surface area contributed by atoms with E-state index < -0.39 is 67.3 Å². The predicted molar refractivity (Wildman–Crippen MR) is 340 cm³/mol. The smallest absolute Gasteiger partial charge is 0.335 e. The van der Waals surface area contributed by atoms with Crippen molar-refractivity contribution in [2.75, 3.05) is 13.2 Å². The van der Waals surface area contributed by atoms with Gasteiger partial charge < -0.3 is 39.0 Å². The Morgan fingerprint density at radius 2 is 0.771 bits per heavy atom. The molecule has 0 aromatic carbocycles. The van der Waals surface area contributed by atoms with Crippen molar-refractivity contribution in [2.45, 2.75) is 314 Å². The quantitative estimate of drug-likeness (QED) is 0.0228. The molecule has 1 fully saturated rings. The summed E-state index contributed by atoms with van der Waals surface area (Å²) >= 11 is 0. The molecule has 0 bridgehead atoms. The van der Waals surface area contributed by atoms with E-state index in [0.29, 0.717) is 25.7 Å². The fourth-order valence-electron chi connectivity index (χ4n) is 9.55. The van der Waals surface area contributed by atoms with Gasteiger partial charge in [-0.25, -0.2) is 4.79 Å². The molecule has 0 saturated carbocycles. The lowest BCUT2D eigenvalue weighted by Gasteiger charge is -2.40. The predicted octanol–water partition coefficient (Wildman–Crippen LogP) is 18.0. The van der Waals surface area contributed by atoms with Gasteiger partial charge in [0, 0.05) is 19.3 Å². The fraction of sp³-hybridized carbons (Fsp3) is 0.718. The van der Waals surface area contributed by atoms with Crippen LogP contribution in [-0.2, 0) is 42.9 Å². The third-order valence-electron chi connectivity index (χ3n) is 14.6. The lowest BCUT2D eigenvalue weighted by Crippen LogP contribution is -2.61. The second-order valence-corrected chi connectivity index (χ2v) is 22.4. The summed E-state index contributed by atoms with van der Waals surface area (Å²) in [6, 6.07) is 0. The van der Waals surface area contributed by atoms with Gasteiger partial charge in [-0.1, -0.05) is 240 Å². The van der Waals surface area contributed by atoms with Crippen LogP contribution >= 0.6 is 0 Å². The number of aliphatic carboxylic acids is 1. The van der Waals surface area contributed by atoms with Crippen LogP contribution in [0.5, 0.6) is 0 Å². The largest absolute Gasteiger partial charge is 0.479 e. The highest BCUT2D eigenvalue weighted by atomic mass is 16.7. The van der Waals surface area contributed by atoms with E-state index >= 15 is 0 Å². The van der Waals surface area contributed by atoms with Crippen molar-refractivity contribution < 1.29 is 58.2 Å². The van der Waals surface area contributed by atoms with E-state index in [1.165, 1.54) is 89.9 Å². The number of carbonyl (C=O) groups is 4. The zero-order chi connectivity index (χ0) is 60.3. The summed E-state index contributed by atoms with van der Waals surface area (Å²) in [6.45, 7) is 5.82. The number of carboxylic acid groups (broad SMARTS) is 1. The molecule has 0 aliphatic carbocycles. The lowest BCUT2D eigenvalue weighted by atomic mass is 9.98. The van der Waals surface area contributed by atoms with Gasteiger partial charge in [0.05, 0.1) is 6.61 Å². The molecule has 12 nitrogen and oxygen atoms in total. The lowest BCUT2D eigenvalue weighted by molar-refractivity contribution is -0.301. The topological polar surface area (TPSA) is 175 Å². The Labute approximate surface area is 504 Å². The number of hydrogen-bond acceptors (Lipinski definition) is 11. The summed E-state index contributed by atoms with van der Waals surface area (Å²) in [7, 11) is 0. The highest BCUT2D eigenvalue weighted by Crippen LogP contribution is 2.27. The molecule has 1 saturated heterocycles. The van der Waals surface area contributed by atoms with Gasteiger partial charge in [-0.3, -0.25) is 14.4 Å². The van der Waals surface area contributed by atoms with Crippen molar-refractivity contribution in [1.29, 1.82) is 0 Å². The highest BCUT2D eigenvalue weighted by molar-refractivity contribution is 5.74. The second-order valence-electron chi connectivity index (χ2n) is 22.4. The Kier molecular flexibility index (Phi) is 53.6. The van der Waals surface area contributed by atoms with E-state index in [1.54, 1.807) is 0 Å². The van der Waals surface area contributed by atoms with Crippen molar-refractivity contribution in [3.63, 3.8) is 0 Å². The van der Waals surface area contributed by atoms with Gasteiger partial charge in [0.2, 0.25) is 0 Å². The fourth-order valence-corrected chi connectivity index (χ4v) is 9.55. The molecule has 0 amide bonds. The number of esters is 3. The van der Waals surface area contributed by atoms with Crippen molar-refractivity contribution in [1.82, 2.24) is 0 Å². The molecule has 6 atom stereocenters. The summed E-state index contributed by atoms with van der Waals surface area (Å²) in [6.07, 6.45) is 65.1. The van der Waals surface area contributed by atoms with Crippen molar-refractivity contribution in [3.05, 3.63) is 97.2 Å². The first-order valence-electron chi connectivity index (χ1n) is 33.2. The normalized spacial score (nSPS) is 18.2. The molecule has 1 heterocycles. The number of allylic oxidation sites excluding steroid dienone is 16. The molecule has 3 N–H and O–H groups in total. The maximum absolute atomic E-state index is 13.2. The molecular weight excluding hydrogens is 1040 g/mol. The molecule has 83 heavy (non-hydrogen) atoms. The van der Waals surface area contributed by atoms with Gasteiger partial charge >= 0.3 is 23.9 Å². The molecule has 12 heteroatoms. The molecular formula is C71H118O12. The first kappa shape index (κ1) is 76.7. The number of rotatable bonds is 56. The molecule has 1 rings (SSSR count). The zero-order valence-electron chi connectivity index (χ0n) is 52.4. The monoisotopic (exact) mass is 1160 g/mol. The standard InChI is InChI=1S/C71H118O12/c1-4-7-10-13-16-19-22-25-28-31-32-35-38-41-44-47-50-53-56-59-65(74)82-69-67(76)66(75)68(70(77)78)83-71(69)80-61-62(81-64(73)58-55-52-49-46-43-40-37-34-30-27-24-21-18-15-12-9-6-3)60-79-63(72)57-54-51-48-45-42-39-36-33-29-26-23-20-17-14-11-8-5-2/h8,11,17-18,20-21,25-30,36,39,45,48,62,66-69,71,75-76H,4-7,9-10,12-16,19,22-24,31-35,37-38,40-44,46-47,49-61H2,1-3H3,(H,77,78)/b11-8-,20-17-,21-18-,28-25-,29-26-,30-27-,39-36-,48-45-. The zero-order valence-corrected chi connectivity index (χ0v) is 52.4. The maximum Gasteiger partial charge on any atom is 0.335 e. The van der Waals surface area contributed by atoms with Crippen molar-refractivity contribution in [2.24, 2.45) is 0 Å². The minimum Gasteiger partial charge on any atom is -0.479 e. The second kappa shape index (κ2) is 58.0. The number of hydrogen-bond donors (Lipinski definition) is 3. The van der Waals surface area contributed by atoms with E-state index in [0.717, 1.165) is 122 Å². The van der Waals surface area contributed by atoms with Gasteiger partial charge in [0.25, 0.3) is 0 Å². The molecule has 0 spiro atoms. The average molecular weight is 1160 g/mol. The number of unbranched alkanes of at least 4 members (excludes halogenated alkanes) is 26. The molecule has 474 valence electrons. The summed E-state index contributed by atoms with van der Waals surface area (Å²) in [5.41, 5.74) is 0. The molecule has 0 aromatic heterocycles. The van der Waals surface area contributed by atoms with Crippen LogP contribution in [0, 0.1) is 0 Å². The maximum atomic E-state index is 13.2. The van der Waals surface area contributed by atoms with Crippen LogP contribution in [0.2, 0.25) is 0 Å². The van der Waals surface area contributed by atoms with Crippen LogP contribution in [0.15, 0.2) is 97.2 Å².